The molecule has 0 fully saturated rings. The van der Waals surface area contributed by atoms with E-state index in [2.05, 4.69) is 116 Å². The maximum atomic E-state index is 4.73. The lowest BCUT2D eigenvalue weighted by atomic mass is 9.90. The highest BCUT2D eigenvalue weighted by Gasteiger charge is 2.15. The Labute approximate surface area is 230 Å². The van der Waals surface area contributed by atoms with Crippen LogP contribution in [0.25, 0.3) is 75.0 Å². The van der Waals surface area contributed by atoms with Gasteiger partial charge in [0, 0.05) is 43.3 Å². The number of aryl methyl sites for hydroxylation is 2. The minimum Gasteiger partial charge on any atom is -0.252 e. The smallest absolute Gasteiger partial charge is 0.0971 e. The molecule has 0 aliphatic heterocycles. The van der Waals surface area contributed by atoms with E-state index in [-0.39, 0.29) is 0 Å². The summed E-state index contributed by atoms with van der Waals surface area (Å²) in [5, 5.41) is 7.38. The summed E-state index contributed by atoms with van der Waals surface area (Å²) >= 11 is 1.91. The second kappa shape index (κ2) is 8.45. The molecule has 0 bridgehead atoms. The number of thiophene rings is 1. The van der Waals surface area contributed by atoms with Gasteiger partial charge in [0.05, 0.1) is 11.0 Å². The third-order valence-electron chi connectivity index (χ3n) is 7.98. The van der Waals surface area contributed by atoms with E-state index in [1.807, 2.05) is 11.3 Å². The summed E-state index contributed by atoms with van der Waals surface area (Å²) < 4.78 is 2.77. The predicted octanol–water partition coefficient (Wildman–Crippen LogP) is 10.3. The number of fused-ring (bicyclic) bond motifs is 9. The molecule has 39 heavy (non-hydrogen) atoms. The molecular formula is C36H24N2S. The molecule has 0 atom stereocenters. The van der Waals surface area contributed by atoms with Crippen LogP contribution in [0.15, 0.2) is 109 Å². The quantitative estimate of drug-likeness (QED) is 0.214. The van der Waals surface area contributed by atoms with Gasteiger partial charge in [0.1, 0.15) is 0 Å². The highest BCUT2D eigenvalue weighted by Crippen LogP contribution is 2.42. The summed E-state index contributed by atoms with van der Waals surface area (Å²) in [4.78, 5) is 9.42. The molecule has 0 saturated carbocycles. The highest BCUT2D eigenvalue weighted by molar-refractivity contribution is 7.26. The molecule has 2 aromatic heterocycles. The van der Waals surface area contributed by atoms with Crippen LogP contribution in [0.1, 0.15) is 11.1 Å². The second-order valence-corrected chi connectivity index (χ2v) is 11.3. The maximum Gasteiger partial charge on any atom is 0.0971 e. The molecule has 8 rings (SSSR count). The lowest BCUT2D eigenvalue weighted by Crippen LogP contribution is -1.90. The van der Waals surface area contributed by atoms with Gasteiger partial charge in [0.25, 0.3) is 0 Å². The van der Waals surface area contributed by atoms with Gasteiger partial charge in [0.15, 0.2) is 0 Å². The molecule has 0 spiro atoms. The summed E-state index contributed by atoms with van der Waals surface area (Å²) in [6, 6.07) is 35.5. The molecule has 3 heteroatoms. The zero-order chi connectivity index (χ0) is 26.1. The zero-order valence-corrected chi connectivity index (χ0v) is 22.5. The molecule has 184 valence electrons. The van der Waals surface area contributed by atoms with Crippen LogP contribution >= 0.6 is 11.3 Å². The van der Waals surface area contributed by atoms with Gasteiger partial charge in [-0.1, -0.05) is 78.9 Å². The summed E-state index contributed by atoms with van der Waals surface area (Å²) in [6.07, 6.45) is 3.57. The SMILES string of the molecule is Cc1cccc2c1sc1c(C)cc(-c3ccccc3-c3ccc4c(c3)c3ccccc3c3nccnc43)cc12. The normalized spacial score (nSPS) is 11.8. The van der Waals surface area contributed by atoms with E-state index in [0.717, 1.165) is 21.8 Å². The first-order valence-electron chi connectivity index (χ1n) is 13.2. The Morgan fingerprint density at radius 3 is 1.87 bits per heavy atom. The standard InChI is InChI=1S/C36H24N2S/c1-21-8-7-13-30-32-20-24(18-22(2)36(32)39-35(21)30)26-10-4-3-9-25(26)23-14-15-29-31(19-23)27-11-5-6-12-28(27)33-34(29)38-17-16-37-33/h3-20H,1-2H3. The van der Waals surface area contributed by atoms with Crippen LogP contribution in [0.5, 0.6) is 0 Å². The number of rotatable bonds is 2. The molecule has 8 aromatic rings. The lowest BCUT2D eigenvalue weighted by molar-refractivity contribution is 1.31. The van der Waals surface area contributed by atoms with Crippen molar-refractivity contribution in [3.05, 3.63) is 121 Å². The summed E-state index contributed by atoms with van der Waals surface area (Å²) in [5.74, 6) is 0. The molecule has 0 unspecified atom stereocenters. The Bertz CT molecular complexity index is 2220. The van der Waals surface area contributed by atoms with E-state index in [4.69, 9.17) is 4.98 Å². The lowest BCUT2D eigenvalue weighted by Gasteiger charge is -2.14. The Kier molecular flexibility index (Phi) is 4.85. The largest absolute Gasteiger partial charge is 0.252 e. The van der Waals surface area contributed by atoms with Crippen LogP contribution in [0, 0.1) is 13.8 Å². The maximum absolute atomic E-state index is 4.73. The van der Waals surface area contributed by atoms with Crippen molar-refractivity contribution in [2.75, 3.05) is 0 Å². The summed E-state index contributed by atoms with van der Waals surface area (Å²) in [7, 11) is 0. The van der Waals surface area contributed by atoms with Gasteiger partial charge in [0.2, 0.25) is 0 Å². The number of benzene rings is 6. The first-order valence-corrected chi connectivity index (χ1v) is 14.1. The van der Waals surface area contributed by atoms with Gasteiger partial charge < -0.3 is 0 Å². The fourth-order valence-electron chi connectivity index (χ4n) is 6.15. The fourth-order valence-corrected chi connectivity index (χ4v) is 7.37. The predicted molar refractivity (Wildman–Crippen MR) is 168 cm³/mol. The third-order valence-corrected chi connectivity index (χ3v) is 9.47. The van der Waals surface area contributed by atoms with E-state index >= 15 is 0 Å². The minimum atomic E-state index is 0.951. The van der Waals surface area contributed by atoms with Crippen LogP contribution in [0.2, 0.25) is 0 Å². The van der Waals surface area contributed by atoms with Crippen LogP contribution < -0.4 is 0 Å². The monoisotopic (exact) mass is 516 g/mol. The fraction of sp³-hybridized carbons (Fsp3) is 0.0556. The number of aromatic nitrogens is 2. The van der Waals surface area contributed by atoms with E-state index in [9.17, 15) is 0 Å². The van der Waals surface area contributed by atoms with Crippen molar-refractivity contribution in [3.63, 3.8) is 0 Å². The molecule has 0 saturated heterocycles. The van der Waals surface area contributed by atoms with Crippen LogP contribution in [-0.4, -0.2) is 9.97 Å². The molecule has 0 radical (unpaired) electrons. The second-order valence-electron chi connectivity index (χ2n) is 10.3. The van der Waals surface area contributed by atoms with E-state index < -0.39 is 0 Å². The third kappa shape index (κ3) is 3.33. The van der Waals surface area contributed by atoms with Crippen molar-refractivity contribution in [3.8, 4) is 22.3 Å². The summed E-state index contributed by atoms with van der Waals surface area (Å²) in [6.45, 7) is 4.45. The average Bonchev–Trinajstić information content (AvgIpc) is 3.38. The van der Waals surface area contributed by atoms with Gasteiger partial charge in [-0.25, -0.2) is 0 Å². The number of hydrogen-bond acceptors (Lipinski definition) is 3. The minimum absolute atomic E-state index is 0.951. The van der Waals surface area contributed by atoms with Gasteiger partial charge in [-0.3, -0.25) is 9.97 Å². The molecule has 0 aliphatic rings. The van der Waals surface area contributed by atoms with E-state index in [0.29, 0.717) is 0 Å². The Morgan fingerprint density at radius 2 is 1.08 bits per heavy atom. The first-order chi connectivity index (χ1) is 19.2. The highest BCUT2D eigenvalue weighted by atomic mass is 32.1. The first kappa shape index (κ1) is 22.4. The molecule has 0 aliphatic carbocycles. The van der Waals surface area contributed by atoms with E-state index in [1.54, 1.807) is 12.4 Å². The van der Waals surface area contributed by atoms with Crippen molar-refractivity contribution in [1.29, 1.82) is 0 Å². The van der Waals surface area contributed by atoms with Gasteiger partial charge in [-0.05, 0) is 76.2 Å². The van der Waals surface area contributed by atoms with Crippen molar-refractivity contribution in [2.45, 2.75) is 13.8 Å². The van der Waals surface area contributed by atoms with Crippen LogP contribution in [0.3, 0.4) is 0 Å². The molecule has 2 nitrogen and oxygen atoms in total. The number of nitrogens with zero attached hydrogens (tertiary/aromatic N) is 2. The zero-order valence-electron chi connectivity index (χ0n) is 21.7. The van der Waals surface area contributed by atoms with Gasteiger partial charge >= 0.3 is 0 Å². The Hall–Kier alpha value is -4.60. The van der Waals surface area contributed by atoms with Crippen molar-refractivity contribution in [1.82, 2.24) is 9.97 Å². The van der Waals surface area contributed by atoms with Crippen LogP contribution in [-0.2, 0) is 0 Å². The molecular weight excluding hydrogens is 492 g/mol. The molecule has 0 amide bonds. The molecule has 6 aromatic carbocycles. The van der Waals surface area contributed by atoms with Crippen molar-refractivity contribution >= 4 is 64.1 Å². The Balaban J connectivity index is 1.39. The van der Waals surface area contributed by atoms with Crippen molar-refractivity contribution in [2.24, 2.45) is 0 Å². The Morgan fingerprint density at radius 1 is 0.462 bits per heavy atom. The average molecular weight is 517 g/mol. The number of hydrogen-bond donors (Lipinski definition) is 0. The molecule has 2 heterocycles. The molecule has 0 N–H and O–H groups in total. The summed E-state index contributed by atoms with van der Waals surface area (Å²) in [5.41, 5.74) is 9.52. The van der Waals surface area contributed by atoms with Crippen LogP contribution in [0.4, 0.5) is 0 Å². The topological polar surface area (TPSA) is 25.8 Å². The van der Waals surface area contributed by atoms with Crippen molar-refractivity contribution < 1.29 is 0 Å². The van der Waals surface area contributed by atoms with Gasteiger partial charge in [-0.15, -0.1) is 11.3 Å². The van der Waals surface area contributed by atoms with Gasteiger partial charge in [-0.2, -0.15) is 0 Å². The van der Waals surface area contributed by atoms with E-state index in [1.165, 1.54) is 64.3 Å².